The van der Waals surface area contributed by atoms with Crippen LogP contribution in [-0.2, 0) is 19.7 Å². The smallest absolute Gasteiger partial charge is 0.350 e. The first kappa shape index (κ1) is 22.8. The van der Waals surface area contributed by atoms with Crippen molar-refractivity contribution >= 4 is 74.9 Å². The van der Waals surface area contributed by atoms with Crippen LogP contribution in [0.25, 0.3) is 55.2 Å². The first-order valence-corrected chi connectivity index (χ1v) is 17.4. The molecule has 11 heterocycles. The Balaban J connectivity index is 1.43. The number of para-hydroxylation sites is 2. The summed E-state index contributed by atoms with van der Waals surface area (Å²) in [5.41, 5.74) is 4.37. The fourth-order valence-electron chi connectivity index (χ4n) is 8.76. The maximum atomic E-state index is 14.4. The average Bonchev–Trinajstić information content (AvgIpc) is 3.59. The molecule has 0 bridgehead atoms. The van der Waals surface area contributed by atoms with E-state index >= 15 is 0 Å². The molecule has 13 rings (SSSR count). The molecule has 12 nitrogen and oxygen atoms in total. The second kappa shape index (κ2) is 6.35. The van der Waals surface area contributed by atoms with E-state index in [1.807, 2.05) is 57.9 Å². The molecule has 0 atom stereocenters. The Labute approximate surface area is 257 Å². The molecule has 216 valence electrons. The van der Waals surface area contributed by atoms with E-state index in [-0.39, 0.29) is 36.0 Å². The van der Waals surface area contributed by atoms with Crippen LogP contribution < -0.4 is 18.8 Å². The van der Waals surface area contributed by atoms with Gasteiger partial charge < -0.3 is 4.74 Å². The van der Waals surface area contributed by atoms with E-state index in [0.717, 1.165) is 32.8 Å². The van der Waals surface area contributed by atoms with Gasteiger partial charge in [0.05, 0.1) is 27.9 Å². The first-order valence-electron chi connectivity index (χ1n) is 14.5. The van der Waals surface area contributed by atoms with Crippen LogP contribution in [0.3, 0.4) is 0 Å². The van der Waals surface area contributed by atoms with Gasteiger partial charge in [-0.2, -0.15) is 9.13 Å². The maximum Gasteiger partial charge on any atom is 0.350 e. The average molecular weight is 641 g/mol. The Morgan fingerprint density at radius 3 is 1.52 bits per heavy atom. The Hall–Kier alpha value is -5.70. The van der Waals surface area contributed by atoms with Crippen LogP contribution in [0.1, 0.15) is 0 Å². The standard InChI is InChI=1S/C32H14N7O5S2/c40-45(41)19-9-1-5-15-17-7-3-11-35-31(17)37(23(15)19)25-21(45)13-33-29-27(25)39(35)28-26-22(14-34-30(28)44-29)46(42,43)20-10-2-6-16-18-8-4-12-36(39)32(18)38(26)24(16)20/h1-14H/q+3. The number of hydrogen-bond acceptors (Lipinski definition) is 7. The predicted octanol–water partition coefficient (Wildman–Crippen LogP) is 3.84. The molecule has 2 aromatic carbocycles. The number of ether oxygens (including phenoxy) is 1. The zero-order valence-electron chi connectivity index (χ0n) is 23.1. The van der Waals surface area contributed by atoms with Gasteiger partial charge in [0.25, 0.3) is 11.8 Å². The van der Waals surface area contributed by atoms with Crippen LogP contribution in [0.4, 0.5) is 11.4 Å². The third-order valence-electron chi connectivity index (χ3n) is 10.3. The summed E-state index contributed by atoms with van der Waals surface area (Å²) in [6.07, 6.45) is 6.60. The molecular weight excluding hydrogens is 627 g/mol. The molecule has 1 spiro atoms. The van der Waals surface area contributed by atoms with Gasteiger partial charge in [-0.05, 0) is 57.9 Å². The van der Waals surface area contributed by atoms with Gasteiger partial charge >= 0.3 is 22.7 Å². The summed E-state index contributed by atoms with van der Waals surface area (Å²) >= 11 is 0. The Morgan fingerprint density at radius 2 is 1.04 bits per heavy atom. The summed E-state index contributed by atoms with van der Waals surface area (Å²) in [6, 6.07) is 18.5. The van der Waals surface area contributed by atoms with Crippen molar-refractivity contribution in [3.8, 4) is 23.1 Å². The number of benzene rings is 2. The van der Waals surface area contributed by atoms with Gasteiger partial charge in [-0.15, -0.1) is 0 Å². The predicted molar refractivity (Wildman–Crippen MR) is 161 cm³/mol. The lowest BCUT2D eigenvalue weighted by Crippen LogP contribution is -2.86. The lowest BCUT2D eigenvalue weighted by molar-refractivity contribution is -1.02. The van der Waals surface area contributed by atoms with Crippen LogP contribution in [0.15, 0.2) is 105 Å². The summed E-state index contributed by atoms with van der Waals surface area (Å²) in [6.45, 7) is 0. The lowest BCUT2D eigenvalue weighted by atomic mass is 10.1. The van der Waals surface area contributed by atoms with Crippen LogP contribution in [0.2, 0.25) is 0 Å². The molecule has 0 aliphatic carbocycles. The molecule has 14 heteroatoms. The molecule has 46 heavy (non-hydrogen) atoms. The number of fused-ring (bicyclic) bond motifs is 2. The van der Waals surface area contributed by atoms with E-state index in [1.165, 1.54) is 12.4 Å². The summed E-state index contributed by atoms with van der Waals surface area (Å²) in [4.78, 5) is 9.80. The second-order valence-electron chi connectivity index (χ2n) is 12.1. The molecule has 0 saturated carbocycles. The highest BCUT2D eigenvalue weighted by atomic mass is 32.2. The number of pyridine rings is 4. The molecule has 8 aromatic rings. The third-order valence-corrected chi connectivity index (χ3v) is 13.9. The molecule has 5 aliphatic rings. The van der Waals surface area contributed by atoms with Gasteiger partial charge in [0.15, 0.2) is 23.4 Å². The zero-order valence-corrected chi connectivity index (χ0v) is 24.7. The van der Waals surface area contributed by atoms with E-state index < -0.39 is 19.7 Å². The Morgan fingerprint density at radius 1 is 0.587 bits per heavy atom. The highest BCUT2D eigenvalue weighted by Gasteiger charge is 2.70. The molecule has 5 aliphatic heterocycles. The normalized spacial score (nSPS) is 18.2. The fraction of sp³-hybridized carbons (Fsp3) is 0. The van der Waals surface area contributed by atoms with E-state index in [0.29, 0.717) is 33.8 Å². The van der Waals surface area contributed by atoms with Gasteiger partial charge in [-0.3, -0.25) is 0 Å². The minimum Gasteiger partial charge on any atom is -0.409 e. The third kappa shape index (κ3) is 1.88. The molecule has 0 amide bonds. The van der Waals surface area contributed by atoms with Crippen molar-refractivity contribution in [1.29, 1.82) is 0 Å². The van der Waals surface area contributed by atoms with Crippen molar-refractivity contribution in [3.63, 3.8) is 0 Å². The maximum absolute atomic E-state index is 14.4. The summed E-state index contributed by atoms with van der Waals surface area (Å²) in [5, 5.41) is 3.27. The number of quaternary nitrogens is 1. The van der Waals surface area contributed by atoms with Gasteiger partial charge in [0.2, 0.25) is 31.0 Å². The highest BCUT2D eigenvalue weighted by Crippen LogP contribution is 2.61. The quantitative estimate of drug-likeness (QED) is 0.183. The summed E-state index contributed by atoms with van der Waals surface area (Å²) in [7, 11) is -8.02. The number of sulfone groups is 2. The number of nitrogens with zero attached hydrogens (tertiary/aromatic N) is 7. The highest BCUT2D eigenvalue weighted by molar-refractivity contribution is 7.92. The summed E-state index contributed by atoms with van der Waals surface area (Å²) < 4.78 is 72.0. The van der Waals surface area contributed by atoms with E-state index in [2.05, 4.69) is 19.3 Å². The molecular formula is C32H14N7O5S2+3. The number of aromatic nitrogens is 6. The molecule has 0 radical (unpaired) electrons. The lowest BCUT2D eigenvalue weighted by Gasteiger charge is -2.38. The minimum atomic E-state index is -4.01. The van der Waals surface area contributed by atoms with Crippen molar-refractivity contribution in [2.75, 3.05) is 0 Å². The molecule has 0 saturated heterocycles. The van der Waals surface area contributed by atoms with Crippen LogP contribution >= 0.6 is 0 Å². The zero-order chi connectivity index (χ0) is 30.2. The Kier molecular flexibility index (Phi) is 3.14. The number of hydrogen-bond donors (Lipinski definition) is 0. The molecule has 0 unspecified atom stereocenters. The number of rotatable bonds is 0. The van der Waals surface area contributed by atoms with E-state index in [9.17, 15) is 16.8 Å². The van der Waals surface area contributed by atoms with Crippen molar-refractivity contribution in [2.45, 2.75) is 19.6 Å². The van der Waals surface area contributed by atoms with Crippen LogP contribution in [0.5, 0.6) is 11.8 Å². The topological polar surface area (TPSA) is 121 Å². The molecule has 0 N–H and O–H groups in total. The van der Waals surface area contributed by atoms with Crippen LogP contribution in [0, 0.1) is 0 Å². The van der Waals surface area contributed by atoms with Gasteiger partial charge in [-0.25, -0.2) is 26.8 Å². The van der Waals surface area contributed by atoms with Gasteiger partial charge in [-0.1, -0.05) is 12.1 Å². The van der Waals surface area contributed by atoms with E-state index in [4.69, 9.17) is 4.74 Å². The van der Waals surface area contributed by atoms with Crippen molar-refractivity contribution in [1.82, 2.24) is 23.8 Å². The van der Waals surface area contributed by atoms with Crippen LogP contribution in [-0.4, -0.2) is 35.9 Å². The second-order valence-corrected chi connectivity index (χ2v) is 15.9. The van der Waals surface area contributed by atoms with Gasteiger partial charge in [0, 0.05) is 10.8 Å². The molecule has 0 fully saturated rings. The Bertz CT molecular complexity index is 3000. The fourth-order valence-corrected chi connectivity index (χ4v) is 11.9. The van der Waals surface area contributed by atoms with Crippen molar-refractivity contribution < 1.29 is 30.9 Å². The monoisotopic (exact) mass is 640 g/mol. The SMILES string of the molecule is O=S1(=O)c2cnc3c4c2-n2c5c1cccc5c1ccc[n+](c12)[N+]41c2c(ncc4c2-n2c5c(cccc5c5ccc[n+]1c52)S4(=O)=O)O3. The first-order chi connectivity index (χ1) is 22.4. The van der Waals surface area contributed by atoms with Gasteiger partial charge in [0.1, 0.15) is 19.6 Å². The summed E-state index contributed by atoms with van der Waals surface area (Å²) in [5.74, 6) is 0.359. The van der Waals surface area contributed by atoms with Crippen molar-refractivity contribution in [2.24, 2.45) is 0 Å². The largest absolute Gasteiger partial charge is 0.409 e. The van der Waals surface area contributed by atoms with Crippen molar-refractivity contribution in [3.05, 3.63) is 85.5 Å². The van der Waals surface area contributed by atoms with E-state index in [1.54, 1.807) is 24.3 Å². The molecule has 6 aromatic heterocycles. The minimum absolute atomic E-state index is 0.0509.